The van der Waals surface area contributed by atoms with Gasteiger partial charge in [0.2, 0.25) is 0 Å². The summed E-state index contributed by atoms with van der Waals surface area (Å²) in [7, 11) is 0. The standard InChI is InChI=1S/C24H24N2O4/c1-4-26(5-2)16-13-11-15(12-14-16)19-20(24(28)29-6-3)23(27)25-21-17-9-7-8-10-18(17)30-22(19)21/h7-14H,4-6H2,1-3H3,(H,25,27). The molecule has 0 unspecified atom stereocenters. The lowest BCUT2D eigenvalue weighted by Crippen LogP contribution is -2.22. The average Bonchev–Trinajstić information content (AvgIpc) is 3.12. The fourth-order valence-corrected chi connectivity index (χ4v) is 3.85. The molecular formula is C24H24N2O4. The number of aromatic nitrogens is 1. The predicted octanol–water partition coefficient (Wildman–Crippen LogP) is 4.96. The number of anilines is 1. The highest BCUT2D eigenvalue weighted by Crippen LogP contribution is 2.36. The number of pyridine rings is 1. The van der Waals surface area contributed by atoms with Crippen LogP contribution in [0.3, 0.4) is 0 Å². The summed E-state index contributed by atoms with van der Waals surface area (Å²) in [6.07, 6.45) is 0. The Morgan fingerprint density at radius 3 is 2.40 bits per heavy atom. The molecule has 0 atom stereocenters. The minimum atomic E-state index is -0.663. The second kappa shape index (κ2) is 8.06. The van der Waals surface area contributed by atoms with E-state index in [9.17, 15) is 9.59 Å². The number of hydrogen-bond donors (Lipinski definition) is 1. The fraction of sp³-hybridized carbons (Fsp3) is 0.250. The van der Waals surface area contributed by atoms with Gasteiger partial charge in [-0.15, -0.1) is 0 Å². The van der Waals surface area contributed by atoms with Crippen LogP contribution in [-0.2, 0) is 4.74 Å². The minimum absolute atomic E-state index is 0.0426. The van der Waals surface area contributed by atoms with Crippen LogP contribution in [0.25, 0.3) is 33.2 Å². The van der Waals surface area contributed by atoms with Gasteiger partial charge in [-0.1, -0.05) is 24.3 Å². The second-order valence-electron chi connectivity index (χ2n) is 6.95. The van der Waals surface area contributed by atoms with Gasteiger partial charge in [-0.3, -0.25) is 4.79 Å². The molecule has 0 amide bonds. The van der Waals surface area contributed by atoms with Crippen molar-refractivity contribution in [3.8, 4) is 11.1 Å². The van der Waals surface area contributed by atoms with E-state index in [0.29, 0.717) is 22.2 Å². The van der Waals surface area contributed by atoms with E-state index in [-0.39, 0.29) is 12.2 Å². The van der Waals surface area contributed by atoms with Gasteiger partial charge < -0.3 is 19.0 Å². The minimum Gasteiger partial charge on any atom is -0.462 e. The maximum absolute atomic E-state index is 12.9. The Hall–Kier alpha value is -3.54. The topological polar surface area (TPSA) is 75.5 Å². The molecule has 0 fully saturated rings. The average molecular weight is 404 g/mol. The van der Waals surface area contributed by atoms with Crippen LogP contribution in [0.4, 0.5) is 5.69 Å². The van der Waals surface area contributed by atoms with Crippen molar-refractivity contribution in [1.29, 1.82) is 0 Å². The third kappa shape index (κ3) is 3.24. The van der Waals surface area contributed by atoms with Crippen LogP contribution >= 0.6 is 0 Å². The van der Waals surface area contributed by atoms with E-state index in [1.54, 1.807) is 6.92 Å². The molecule has 30 heavy (non-hydrogen) atoms. The molecule has 0 aliphatic carbocycles. The molecule has 2 aromatic carbocycles. The van der Waals surface area contributed by atoms with Gasteiger partial charge in [0.15, 0.2) is 5.58 Å². The van der Waals surface area contributed by atoms with Crippen molar-refractivity contribution in [3.05, 3.63) is 64.4 Å². The molecule has 0 saturated carbocycles. The molecular weight excluding hydrogens is 380 g/mol. The van der Waals surface area contributed by atoms with Crippen molar-refractivity contribution >= 4 is 33.7 Å². The van der Waals surface area contributed by atoms with Gasteiger partial charge in [-0.05, 0) is 50.6 Å². The molecule has 0 radical (unpaired) electrons. The highest BCUT2D eigenvalue weighted by atomic mass is 16.5. The van der Waals surface area contributed by atoms with E-state index >= 15 is 0 Å². The first kappa shape index (κ1) is 19.8. The number of H-pyrrole nitrogens is 1. The number of nitrogens with one attached hydrogen (secondary N) is 1. The lowest BCUT2D eigenvalue weighted by molar-refractivity contribution is 0.0525. The molecule has 1 N–H and O–H groups in total. The van der Waals surface area contributed by atoms with Crippen molar-refractivity contribution < 1.29 is 13.9 Å². The quantitative estimate of drug-likeness (QED) is 0.460. The Labute approximate surface area is 174 Å². The summed E-state index contributed by atoms with van der Waals surface area (Å²) < 4.78 is 11.3. The molecule has 0 spiro atoms. The van der Waals surface area contributed by atoms with E-state index in [0.717, 1.165) is 29.7 Å². The zero-order chi connectivity index (χ0) is 21.3. The van der Waals surface area contributed by atoms with Crippen LogP contribution in [-0.4, -0.2) is 30.6 Å². The summed E-state index contributed by atoms with van der Waals surface area (Å²) in [5, 5.41) is 0.793. The number of esters is 1. The number of hydrogen-bond acceptors (Lipinski definition) is 5. The highest BCUT2D eigenvalue weighted by Gasteiger charge is 2.25. The predicted molar refractivity (Wildman–Crippen MR) is 119 cm³/mol. The molecule has 0 bridgehead atoms. The number of fused-ring (bicyclic) bond motifs is 3. The summed E-state index contributed by atoms with van der Waals surface area (Å²) in [5.41, 5.74) is 3.41. The summed E-state index contributed by atoms with van der Waals surface area (Å²) in [4.78, 5) is 30.7. The number of rotatable bonds is 6. The first-order chi connectivity index (χ1) is 14.6. The summed E-state index contributed by atoms with van der Waals surface area (Å²) in [6, 6.07) is 15.3. The SMILES string of the molecule is CCOC(=O)c1c(-c2ccc(N(CC)CC)cc2)c2oc3ccccc3c2[nH]c1=O. The lowest BCUT2D eigenvalue weighted by atomic mass is 9.99. The zero-order valence-corrected chi connectivity index (χ0v) is 17.3. The second-order valence-corrected chi connectivity index (χ2v) is 6.95. The van der Waals surface area contributed by atoms with E-state index in [4.69, 9.17) is 9.15 Å². The first-order valence-electron chi connectivity index (χ1n) is 10.2. The van der Waals surface area contributed by atoms with Crippen molar-refractivity contribution in [3.63, 3.8) is 0 Å². The van der Waals surface area contributed by atoms with Crippen molar-refractivity contribution in [2.75, 3.05) is 24.6 Å². The normalized spacial score (nSPS) is 11.2. The molecule has 4 aromatic rings. The van der Waals surface area contributed by atoms with Gasteiger partial charge in [0.1, 0.15) is 11.1 Å². The fourth-order valence-electron chi connectivity index (χ4n) is 3.85. The van der Waals surface area contributed by atoms with E-state index < -0.39 is 11.5 Å². The Balaban J connectivity index is 2.01. The van der Waals surface area contributed by atoms with Gasteiger partial charge in [-0.2, -0.15) is 0 Å². The third-order valence-electron chi connectivity index (χ3n) is 5.30. The van der Waals surface area contributed by atoms with Crippen molar-refractivity contribution in [1.82, 2.24) is 4.98 Å². The number of benzene rings is 2. The molecule has 0 aliphatic rings. The first-order valence-corrected chi connectivity index (χ1v) is 10.2. The van der Waals surface area contributed by atoms with Crippen LogP contribution in [0.15, 0.2) is 57.7 Å². The number of para-hydroxylation sites is 1. The molecule has 154 valence electrons. The van der Waals surface area contributed by atoms with E-state index in [2.05, 4.69) is 23.7 Å². The maximum Gasteiger partial charge on any atom is 0.344 e. The Morgan fingerprint density at radius 2 is 1.73 bits per heavy atom. The smallest absolute Gasteiger partial charge is 0.344 e. The van der Waals surface area contributed by atoms with E-state index in [1.807, 2.05) is 48.5 Å². The van der Waals surface area contributed by atoms with Crippen molar-refractivity contribution in [2.24, 2.45) is 0 Å². The Bertz CT molecular complexity index is 1260. The van der Waals surface area contributed by atoms with Gasteiger partial charge in [0.05, 0.1) is 12.1 Å². The lowest BCUT2D eigenvalue weighted by Gasteiger charge is -2.21. The van der Waals surface area contributed by atoms with Crippen LogP contribution in [0.5, 0.6) is 0 Å². The molecule has 0 aliphatic heterocycles. The molecule has 2 heterocycles. The van der Waals surface area contributed by atoms with Crippen LogP contribution in [0, 0.1) is 0 Å². The largest absolute Gasteiger partial charge is 0.462 e. The number of carbonyl (C=O) groups excluding carboxylic acids is 1. The van der Waals surface area contributed by atoms with E-state index in [1.165, 1.54) is 0 Å². The molecule has 6 nitrogen and oxygen atoms in total. The van der Waals surface area contributed by atoms with Gasteiger partial charge in [0, 0.05) is 29.7 Å². The highest BCUT2D eigenvalue weighted by molar-refractivity contribution is 6.12. The monoisotopic (exact) mass is 404 g/mol. The zero-order valence-electron chi connectivity index (χ0n) is 17.3. The van der Waals surface area contributed by atoms with Gasteiger partial charge >= 0.3 is 5.97 Å². The molecule has 6 heteroatoms. The summed E-state index contributed by atoms with van der Waals surface area (Å²) in [6.45, 7) is 7.88. The Kier molecular flexibility index (Phi) is 5.31. The van der Waals surface area contributed by atoms with Crippen LogP contribution < -0.4 is 10.5 Å². The molecule has 4 rings (SSSR count). The van der Waals surface area contributed by atoms with Crippen LogP contribution in [0.2, 0.25) is 0 Å². The number of furan rings is 1. The third-order valence-corrected chi connectivity index (χ3v) is 5.30. The summed E-state index contributed by atoms with van der Waals surface area (Å²) >= 11 is 0. The Morgan fingerprint density at radius 1 is 1.03 bits per heavy atom. The molecule has 0 saturated heterocycles. The van der Waals surface area contributed by atoms with Gasteiger partial charge in [0.25, 0.3) is 5.56 Å². The number of nitrogens with zero attached hydrogens (tertiary/aromatic N) is 1. The van der Waals surface area contributed by atoms with Gasteiger partial charge in [-0.25, -0.2) is 4.79 Å². The number of carbonyl (C=O) groups is 1. The van der Waals surface area contributed by atoms with Crippen molar-refractivity contribution in [2.45, 2.75) is 20.8 Å². The maximum atomic E-state index is 12.9. The number of aromatic amines is 1. The molecule has 2 aromatic heterocycles. The number of ether oxygens (including phenoxy) is 1. The summed E-state index contributed by atoms with van der Waals surface area (Å²) in [5.74, 6) is -0.663. The van der Waals surface area contributed by atoms with Crippen LogP contribution in [0.1, 0.15) is 31.1 Å².